The maximum absolute atomic E-state index is 6.17. The molecule has 2 nitrogen and oxygen atoms in total. The highest BCUT2D eigenvalue weighted by Gasteiger charge is 2.30. The molecule has 19 heavy (non-hydrogen) atoms. The van der Waals surface area contributed by atoms with E-state index in [9.17, 15) is 0 Å². The Morgan fingerprint density at radius 1 is 1.42 bits per heavy atom. The fourth-order valence-electron chi connectivity index (χ4n) is 2.34. The number of halogens is 2. The Bertz CT molecular complexity index is 444. The molecule has 1 N–H and O–H groups in total. The van der Waals surface area contributed by atoms with Crippen LogP contribution >= 0.6 is 27.5 Å². The van der Waals surface area contributed by atoms with Crippen molar-refractivity contribution in [1.82, 2.24) is 5.32 Å². The molecule has 0 aliphatic carbocycles. The van der Waals surface area contributed by atoms with E-state index >= 15 is 0 Å². The highest BCUT2D eigenvalue weighted by molar-refractivity contribution is 9.10. The lowest BCUT2D eigenvalue weighted by molar-refractivity contribution is 0.0889. The Morgan fingerprint density at radius 3 is 2.79 bits per heavy atom. The molecule has 0 aromatic heterocycles. The molecule has 0 amide bonds. The van der Waals surface area contributed by atoms with E-state index in [0.29, 0.717) is 5.92 Å². The number of benzene rings is 1. The van der Waals surface area contributed by atoms with Gasteiger partial charge in [-0.25, -0.2) is 0 Å². The van der Waals surface area contributed by atoms with Crippen LogP contribution in [0.1, 0.15) is 38.9 Å². The Hall–Kier alpha value is -0.0900. The lowest BCUT2D eigenvalue weighted by atomic mass is 9.94. The van der Waals surface area contributed by atoms with Crippen molar-refractivity contribution < 1.29 is 4.74 Å². The van der Waals surface area contributed by atoms with Gasteiger partial charge in [0.2, 0.25) is 0 Å². The first-order chi connectivity index (χ1) is 8.87. The molecule has 1 aromatic rings. The summed E-state index contributed by atoms with van der Waals surface area (Å²) in [5.74, 6) is 0.511. The summed E-state index contributed by atoms with van der Waals surface area (Å²) in [6.07, 6.45) is 1.25. The first kappa shape index (κ1) is 15.3. The molecule has 2 unspecified atom stereocenters. The third kappa shape index (κ3) is 4.19. The molecule has 1 fully saturated rings. The lowest BCUT2D eigenvalue weighted by Crippen LogP contribution is -2.39. The van der Waals surface area contributed by atoms with Crippen molar-refractivity contribution in [3.8, 4) is 0 Å². The molecule has 1 aliphatic heterocycles. The van der Waals surface area contributed by atoms with E-state index in [2.05, 4.69) is 48.1 Å². The third-order valence-corrected chi connectivity index (χ3v) is 4.61. The van der Waals surface area contributed by atoms with Gasteiger partial charge in [0.15, 0.2) is 0 Å². The minimum absolute atomic E-state index is 0.143. The average molecular weight is 347 g/mol. The second-order valence-electron chi connectivity index (χ2n) is 6.14. The monoisotopic (exact) mass is 345 g/mol. The van der Waals surface area contributed by atoms with Crippen molar-refractivity contribution in [2.24, 2.45) is 5.92 Å². The van der Waals surface area contributed by atoms with Crippen LogP contribution in [0.4, 0.5) is 0 Å². The van der Waals surface area contributed by atoms with E-state index in [0.717, 1.165) is 29.1 Å². The first-order valence-corrected chi connectivity index (χ1v) is 7.85. The second-order valence-corrected chi connectivity index (χ2v) is 7.41. The van der Waals surface area contributed by atoms with E-state index in [1.807, 2.05) is 12.1 Å². The van der Waals surface area contributed by atoms with Crippen LogP contribution in [0.3, 0.4) is 0 Å². The molecule has 106 valence electrons. The predicted molar refractivity (Wildman–Crippen MR) is 83.7 cm³/mol. The number of hydrogen-bond acceptors (Lipinski definition) is 2. The van der Waals surface area contributed by atoms with Crippen LogP contribution < -0.4 is 5.32 Å². The summed E-state index contributed by atoms with van der Waals surface area (Å²) < 4.78 is 6.83. The fourth-order valence-corrected chi connectivity index (χ4v) is 2.77. The molecule has 0 radical (unpaired) electrons. The van der Waals surface area contributed by atoms with Gasteiger partial charge >= 0.3 is 0 Å². The molecule has 2 rings (SSSR count). The van der Waals surface area contributed by atoms with E-state index in [-0.39, 0.29) is 11.6 Å². The van der Waals surface area contributed by atoms with Gasteiger partial charge in [-0.15, -0.1) is 0 Å². The van der Waals surface area contributed by atoms with Crippen molar-refractivity contribution in [1.29, 1.82) is 0 Å². The van der Waals surface area contributed by atoms with Crippen molar-refractivity contribution >= 4 is 27.5 Å². The molecular weight excluding hydrogens is 326 g/mol. The largest absolute Gasteiger partial charge is 0.373 e. The zero-order valence-corrected chi connectivity index (χ0v) is 14.0. The zero-order valence-electron chi connectivity index (χ0n) is 11.7. The summed E-state index contributed by atoms with van der Waals surface area (Å²) in [6.45, 7) is 8.37. The van der Waals surface area contributed by atoms with E-state index in [1.54, 1.807) is 0 Å². The topological polar surface area (TPSA) is 21.3 Å². The van der Waals surface area contributed by atoms with E-state index in [1.165, 1.54) is 5.56 Å². The molecule has 1 saturated heterocycles. The molecule has 0 saturated carbocycles. The molecule has 1 heterocycles. The molecule has 0 bridgehead atoms. The van der Waals surface area contributed by atoms with Crippen LogP contribution in [0, 0.1) is 5.92 Å². The SMILES string of the molecule is CC(C)(C)NCC1CCOC1c1ccc(Br)c(Cl)c1. The van der Waals surface area contributed by atoms with Crippen LogP contribution in [0.5, 0.6) is 0 Å². The van der Waals surface area contributed by atoms with Crippen molar-refractivity contribution in [2.75, 3.05) is 13.2 Å². The van der Waals surface area contributed by atoms with Crippen molar-refractivity contribution in [2.45, 2.75) is 38.8 Å². The smallest absolute Gasteiger partial charge is 0.0866 e. The van der Waals surface area contributed by atoms with Gasteiger partial charge < -0.3 is 10.1 Å². The van der Waals surface area contributed by atoms with Crippen LogP contribution in [0.2, 0.25) is 5.02 Å². The summed E-state index contributed by atoms with van der Waals surface area (Å²) in [4.78, 5) is 0. The Labute approximate surface area is 129 Å². The maximum Gasteiger partial charge on any atom is 0.0866 e. The zero-order chi connectivity index (χ0) is 14.0. The van der Waals surface area contributed by atoms with Gasteiger partial charge in [-0.3, -0.25) is 0 Å². The Balaban J connectivity index is 2.07. The first-order valence-electron chi connectivity index (χ1n) is 6.68. The number of nitrogens with one attached hydrogen (secondary N) is 1. The van der Waals surface area contributed by atoms with Gasteiger partial charge in [-0.1, -0.05) is 17.7 Å². The average Bonchev–Trinajstić information content (AvgIpc) is 2.77. The number of hydrogen-bond donors (Lipinski definition) is 1. The molecule has 4 heteroatoms. The molecule has 1 aromatic carbocycles. The number of rotatable bonds is 3. The lowest BCUT2D eigenvalue weighted by Gasteiger charge is -2.26. The van der Waals surface area contributed by atoms with Crippen LogP contribution in [0.15, 0.2) is 22.7 Å². The molecule has 0 spiro atoms. The molecule has 2 atom stereocenters. The minimum atomic E-state index is 0.143. The van der Waals surface area contributed by atoms with E-state index < -0.39 is 0 Å². The fraction of sp³-hybridized carbons (Fsp3) is 0.600. The number of ether oxygens (including phenoxy) is 1. The van der Waals surface area contributed by atoms with Gasteiger partial charge in [0.25, 0.3) is 0 Å². The second kappa shape index (κ2) is 6.13. The van der Waals surface area contributed by atoms with Crippen LogP contribution in [0.25, 0.3) is 0 Å². The normalized spacial score (nSPS) is 23.8. The van der Waals surface area contributed by atoms with Crippen LogP contribution in [-0.4, -0.2) is 18.7 Å². The summed E-state index contributed by atoms with van der Waals surface area (Å²) in [5, 5.41) is 4.31. The highest BCUT2D eigenvalue weighted by Crippen LogP contribution is 2.36. The van der Waals surface area contributed by atoms with Gasteiger partial charge in [0.1, 0.15) is 0 Å². The highest BCUT2D eigenvalue weighted by atomic mass is 79.9. The van der Waals surface area contributed by atoms with Crippen molar-refractivity contribution in [3.05, 3.63) is 33.3 Å². The third-order valence-electron chi connectivity index (χ3n) is 3.38. The standard InChI is InChI=1S/C15H21BrClNO/c1-15(2,3)18-9-11-6-7-19-14(11)10-4-5-12(16)13(17)8-10/h4-5,8,11,14,18H,6-7,9H2,1-3H3. The van der Waals surface area contributed by atoms with Gasteiger partial charge in [0.05, 0.1) is 11.1 Å². The van der Waals surface area contributed by atoms with Crippen LogP contribution in [-0.2, 0) is 4.74 Å². The molecular formula is C15H21BrClNO. The Kier molecular flexibility index (Phi) is 4.93. The van der Waals surface area contributed by atoms with Gasteiger partial charge in [-0.05, 0) is 60.8 Å². The summed E-state index contributed by atoms with van der Waals surface area (Å²) in [6, 6.07) is 6.09. The van der Waals surface area contributed by atoms with E-state index in [4.69, 9.17) is 16.3 Å². The van der Waals surface area contributed by atoms with Crippen molar-refractivity contribution in [3.63, 3.8) is 0 Å². The molecule has 1 aliphatic rings. The van der Waals surface area contributed by atoms with Gasteiger partial charge in [0, 0.05) is 29.1 Å². The predicted octanol–water partition coefficient (Wildman–Crippen LogP) is 4.57. The minimum Gasteiger partial charge on any atom is -0.373 e. The van der Waals surface area contributed by atoms with Gasteiger partial charge in [-0.2, -0.15) is 0 Å². The summed E-state index contributed by atoms with van der Waals surface area (Å²) >= 11 is 9.60. The maximum atomic E-state index is 6.17. The summed E-state index contributed by atoms with van der Waals surface area (Å²) in [5.41, 5.74) is 1.32. The summed E-state index contributed by atoms with van der Waals surface area (Å²) in [7, 11) is 0. The quantitative estimate of drug-likeness (QED) is 0.865. The Morgan fingerprint density at radius 2 is 2.16 bits per heavy atom.